The zero-order valence-corrected chi connectivity index (χ0v) is 22.0. The fraction of sp³-hybridized carbons (Fsp3) is 0.269. The monoisotopic (exact) mass is 554 g/mol. The van der Waals surface area contributed by atoms with Crippen molar-refractivity contribution in [1.29, 1.82) is 0 Å². The number of hydrogen-bond donors (Lipinski definition) is 1. The molecule has 0 fully saturated rings. The van der Waals surface area contributed by atoms with E-state index in [4.69, 9.17) is 9.47 Å². The number of halogens is 1. The van der Waals surface area contributed by atoms with Crippen LogP contribution in [0, 0.1) is 26.0 Å². The Balaban J connectivity index is 2.10. The van der Waals surface area contributed by atoms with Gasteiger partial charge in [-0.15, -0.1) is 10.2 Å². The summed E-state index contributed by atoms with van der Waals surface area (Å²) in [5, 5.41) is 32.9. The molecule has 3 rings (SSSR count). The van der Waals surface area contributed by atoms with Crippen LogP contribution in [-0.4, -0.2) is 42.6 Å². The average Bonchev–Trinajstić information content (AvgIpc) is 2.91. The molecule has 13 nitrogen and oxygen atoms in total. The molecule has 0 bridgehead atoms. The summed E-state index contributed by atoms with van der Waals surface area (Å²) < 4.78 is 25.4. The summed E-state index contributed by atoms with van der Waals surface area (Å²) in [5.41, 5.74) is -0.570. The lowest BCUT2D eigenvalue weighted by molar-refractivity contribution is -0.395. The smallest absolute Gasteiger partial charge is 0.311 e. The molecule has 40 heavy (non-hydrogen) atoms. The lowest BCUT2D eigenvalue weighted by atomic mass is 10.1. The van der Waals surface area contributed by atoms with Gasteiger partial charge in [-0.1, -0.05) is 30.3 Å². The fourth-order valence-electron chi connectivity index (χ4n) is 3.76. The molecule has 0 saturated carbocycles. The van der Waals surface area contributed by atoms with Crippen molar-refractivity contribution in [3.05, 3.63) is 86.2 Å². The highest BCUT2D eigenvalue weighted by molar-refractivity contribution is 5.93. The summed E-state index contributed by atoms with van der Waals surface area (Å²) in [7, 11) is 1.44. The number of methoxy groups -OCH3 is 1. The predicted octanol–water partition coefficient (Wildman–Crippen LogP) is 6.07. The van der Waals surface area contributed by atoms with Crippen molar-refractivity contribution in [2.24, 2.45) is 10.2 Å². The van der Waals surface area contributed by atoms with Gasteiger partial charge < -0.3 is 19.7 Å². The van der Waals surface area contributed by atoms with Crippen molar-refractivity contribution in [1.82, 2.24) is 0 Å². The molecule has 0 heterocycles. The number of carbonyl (C=O) groups excluding carboxylic acids is 1. The van der Waals surface area contributed by atoms with Gasteiger partial charge in [0.15, 0.2) is 5.69 Å². The van der Waals surface area contributed by atoms with Gasteiger partial charge in [0.2, 0.25) is 11.7 Å². The molecule has 3 aromatic rings. The molecule has 0 spiro atoms. The van der Waals surface area contributed by atoms with E-state index in [1.54, 1.807) is 6.07 Å². The normalized spacial score (nSPS) is 10.9. The Bertz CT molecular complexity index is 1420. The highest BCUT2D eigenvalue weighted by Crippen LogP contribution is 2.41. The predicted molar refractivity (Wildman–Crippen MR) is 145 cm³/mol. The Hall–Kier alpha value is -4.98. The Morgan fingerprint density at radius 2 is 1.70 bits per heavy atom. The molecule has 0 aliphatic carbocycles. The van der Waals surface area contributed by atoms with Crippen LogP contribution in [0.3, 0.4) is 0 Å². The van der Waals surface area contributed by atoms with Crippen LogP contribution in [0.5, 0.6) is 5.75 Å². The van der Waals surface area contributed by atoms with Crippen LogP contribution in [0.4, 0.5) is 38.5 Å². The molecule has 1 N–H and O–H groups in total. The molecule has 14 heteroatoms. The van der Waals surface area contributed by atoms with Crippen molar-refractivity contribution >= 4 is 40.0 Å². The Morgan fingerprint density at radius 1 is 1.02 bits per heavy atom. The third-order valence-electron chi connectivity index (χ3n) is 5.58. The molecule has 0 atom stereocenters. The first-order chi connectivity index (χ1) is 19.1. The minimum Gasteiger partial charge on any atom is -0.494 e. The molecule has 0 saturated heterocycles. The van der Waals surface area contributed by atoms with Crippen LogP contribution in [-0.2, 0) is 16.1 Å². The van der Waals surface area contributed by atoms with Crippen molar-refractivity contribution in [3.63, 3.8) is 0 Å². The number of nitro groups is 2. The van der Waals surface area contributed by atoms with Gasteiger partial charge in [-0.25, -0.2) is 0 Å². The topological polar surface area (TPSA) is 162 Å². The molecular formula is C26H27FN6O7. The number of benzene rings is 3. The molecule has 0 radical (unpaired) electrons. The third kappa shape index (κ3) is 7.54. The SMILES string of the molecule is CCOCCN(Cc1ccccc1)c1cc(NC(C)=O)c(/N=N/c2cc(F)c([N+](=O)[O-])cc2[N+](=O)[O-])cc1OC. The van der Waals surface area contributed by atoms with Gasteiger partial charge in [0.25, 0.3) is 0 Å². The first kappa shape index (κ1) is 29.6. The van der Waals surface area contributed by atoms with Gasteiger partial charge in [0.1, 0.15) is 11.4 Å². The lowest BCUT2D eigenvalue weighted by Gasteiger charge is -2.27. The molecule has 210 valence electrons. The maximum absolute atomic E-state index is 14.2. The number of anilines is 2. The number of nitrogens with zero attached hydrogens (tertiary/aromatic N) is 5. The highest BCUT2D eigenvalue weighted by atomic mass is 19.1. The summed E-state index contributed by atoms with van der Waals surface area (Å²) in [6, 6.07) is 13.8. The van der Waals surface area contributed by atoms with Crippen molar-refractivity contribution in [2.45, 2.75) is 20.4 Å². The summed E-state index contributed by atoms with van der Waals surface area (Å²) in [5.74, 6) is -1.39. The van der Waals surface area contributed by atoms with Gasteiger partial charge in [0, 0.05) is 38.8 Å². The summed E-state index contributed by atoms with van der Waals surface area (Å²) in [6.07, 6.45) is 0. The van der Waals surface area contributed by atoms with Gasteiger partial charge in [-0.3, -0.25) is 25.0 Å². The lowest BCUT2D eigenvalue weighted by Crippen LogP contribution is -2.27. The summed E-state index contributed by atoms with van der Waals surface area (Å²) in [4.78, 5) is 34.5. The van der Waals surface area contributed by atoms with Gasteiger partial charge >= 0.3 is 11.4 Å². The van der Waals surface area contributed by atoms with E-state index < -0.39 is 38.6 Å². The zero-order valence-electron chi connectivity index (χ0n) is 22.0. The molecule has 0 aliphatic rings. The van der Waals surface area contributed by atoms with Crippen molar-refractivity contribution in [3.8, 4) is 5.75 Å². The van der Waals surface area contributed by atoms with Crippen LogP contribution in [0.2, 0.25) is 0 Å². The largest absolute Gasteiger partial charge is 0.494 e. The molecule has 1 amide bonds. The summed E-state index contributed by atoms with van der Waals surface area (Å²) >= 11 is 0. The van der Waals surface area contributed by atoms with Crippen LogP contribution in [0.15, 0.2) is 64.8 Å². The van der Waals surface area contributed by atoms with Crippen LogP contribution >= 0.6 is 0 Å². The minimum atomic E-state index is -1.31. The van der Waals surface area contributed by atoms with Crippen LogP contribution < -0.4 is 15.0 Å². The quantitative estimate of drug-likeness (QED) is 0.115. The first-order valence-electron chi connectivity index (χ1n) is 12.0. The van der Waals surface area contributed by atoms with E-state index in [0.717, 1.165) is 5.56 Å². The van der Waals surface area contributed by atoms with Crippen molar-refractivity contribution < 1.29 is 28.5 Å². The maximum atomic E-state index is 14.2. The molecule has 0 unspecified atom stereocenters. The fourth-order valence-corrected chi connectivity index (χ4v) is 3.76. The Labute approximate surface area is 228 Å². The molecule has 3 aromatic carbocycles. The Kier molecular flexibility index (Phi) is 10.1. The molecule has 0 aromatic heterocycles. The number of ether oxygens (including phenoxy) is 2. The van der Waals surface area contributed by atoms with E-state index >= 15 is 0 Å². The second-order valence-electron chi connectivity index (χ2n) is 8.33. The highest BCUT2D eigenvalue weighted by Gasteiger charge is 2.25. The average molecular weight is 555 g/mol. The second-order valence-corrected chi connectivity index (χ2v) is 8.33. The Morgan fingerprint density at radius 3 is 2.30 bits per heavy atom. The van der Waals surface area contributed by atoms with Crippen LogP contribution in [0.25, 0.3) is 0 Å². The molecular weight excluding hydrogens is 527 g/mol. The first-order valence-corrected chi connectivity index (χ1v) is 12.0. The van der Waals surface area contributed by atoms with Crippen LogP contribution in [0.1, 0.15) is 19.4 Å². The van der Waals surface area contributed by atoms with Gasteiger partial charge in [0.05, 0.1) is 41.0 Å². The minimum absolute atomic E-state index is 0.0494. The number of rotatable bonds is 13. The second kappa shape index (κ2) is 13.7. The number of hydrogen-bond acceptors (Lipinski definition) is 10. The number of nitrogens with one attached hydrogen (secondary N) is 1. The van der Waals surface area contributed by atoms with E-state index in [1.165, 1.54) is 20.1 Å². The van der Waals surface area contributed by atoms with E-state index in [0.29, 0.717) is 49.9 Å². The number of nitro benzene ring substituents is 2. The van der Waals surface area contributed by atoms with E-state index in [-0.39, 0.29) is 11.4 Å². The molecule has 0 aliphatic heterocycles. The third-order valence-corrected chi connectivity index (χ3v) is 5.58. The standard InChI is InChI=1S/C26H27FN6O7/c1-4-40-11-10-31(16-18-8-6-5-7-9-18)25-13-20(28-17(2)34)21(14-26(25)39-3)29-30-22-12-19(27)23(32(35)36)15-24(22)33(37)38/h5-9,12-15H,4,10-11,16H2,1-3H3,(H,28,34)/b30-29+. The van der Waals surface area contributed by atoms with Gasteiger partial charge in [-0.2, -0.15) is 4.39 Å². The summed E-state index contributed by atoms with van der Waals surface area (Å²) in [6.45, 7) is 5.09. The maximum Gasteiger partial charge on any atom is 0.311 e. The van der Waals surface area contributed by atoms with Gasteiger partial charge in [-0.05, 0) is 18.6 Å². The van der Waals surface area contributed by atoms with Crippen molar-refractivity contribution in [2.75, 3.05) is 37.1 Å². The number of carbonyl (C=O) groups is 1. The van der Waals surface area contributed by atoms with E-state index in [9.17, 15) is 29.4 Å². The number of azo groups is 1. The zero-order chi connectivity index (χ0) is 29.2. The number of amides is 1. The van der Waals surface area contributed by atoms with E-state index in [1.807, 2.05) is 42.2 Å². The van der Waals surface area contributed by atoms with E-state index in [2.05, 4.69) is 15.5 Å².